The first-order chi connectivity index (χ1) is 23.8. The van der Waals surface area contributed by atoms with E-state index in [1.165, 1.54) is 33.0 Å². The van der Waals surface area contributed by atoms with Crippen molar-refractivity contribution in [3.63, 3.8) is 0 Å². The lowest BCUT2D eigenvalue weighted by Crippen LogP contribution is -2.09. The Kier molecular flexibility index (Phi) is 6.84. The Balaban J connectivity index is 1.02. The third-order valence-electron chi connectivity index (χ3n) is 9.26. The van der Waals surface area contributed by atoms with Crippen LogP contribution in [0.15, 0.2) is 192 Å². The molecule has 0 aliphatic carbocycles. The van der Waals surface area contributed by atoms with Crippen molar-refractivity contribution in [2.75, 3.05) is 4.90 Å². The third kappa shape index (κ3) is 5.10. The molecule has 0 atom stereocenters. The number of para-hydroxylation sites is 1. The van der Waals surface area contributed by atoms with E-state index < -0.39 is 0 Å². The lowest BCUT2D eigenvalue weighted by atomic mass is 10.00. The fraction of sp³-hybridized carbons (Fsp3) is 0. The summed E-state index contributed by atoms with van der Waals surface area (Å²) >= 11 is 0. The highest BCUT2D eigenvalue weighted by Gasteiger charge is 2.14. The molecule has 0 aliphatic rings. The predicted molar refractivity (Wildman–Crippen MR) is 202 cm³/mol. The summed E-state index contributed by atoms with van der Waals surface area (Å²) in [6, 6.07) is 66.9. The number of hydrogen-bond donors (Lipinski definition) is 0. The minimum Gasteiger partial charge on any atom is -0.456 e. The second-order valence-corrected chi connectivity index (χ2v) is 12.2. The summed E-state index contributed by atoms with van der Waals surface area (Å²) in [7, 11) is 0. The van der Waals surface area contributed by atoms with Gasteiger partial charge in [0.15, 0.2) is 0 Å². The maximum Gasteiger partial charge on any atom is 0.136 e. The molecule has 0 saturated heterocycles. The predicted octanol–water partition coefficient (Wildman–Crippen LogP) is 13.2. The van der Waals surface area contributed by atoms with Crippen LogP contribution in [0.5, 0.6) is 0 Å². The maximum absolute atomic E-state index is 6.36. The minimum atomic E-state index is 0.905. The van der Waals surface area contributed by atoms with E-state index in [9.17, 15) is 0 Å². The SMILES string of the molecule is c1ccc(-c2ccc(-c3ccc(N(c4ccccc4)c4ccc(-c5ccc6c(c5)oc5cc7ccccc7cc56)cc4)cc3)cc2)cc1. The molecule has 1 aromatic heterocycles. The highest BCUT2D eigenvalue weighted by atomic mass is 16.3. The van der Waals surface area contributed by atoms with Crippen LogP contribution in [0.3, 0.4) is 0 Å². The van der Waals surface area contributed by atoms with Crippen molar-refractivity contribution >= 4 is 49.8 Å². The smallest absolute Gasteiger partial charge is 0.136 e. The van der Waals surface area contributed by atoms with Gasteiger partial charge < -0.3 is 9.32 Å². The highest BCUT2D eigenvalue weighted by Crippen LogP contribution is 2.38. The first kappa shape index (κ1) is 27.9. The maximum atomic E-state index is 6.36. The van der Waals surface area contributed by atoms with Gasteiger partial charge in [0.2, 0.25) is 0 Å². The van der Waals surface area contributed by atoms with Crippen molar-refractivity contribution in [2.45, 2.75) is 0 Å². The zero-order valence-corrected chi connectivity index (χ0v) is 26.3. The van der Waals surface area contributed by atoms with Gasteiger partial charge in [-0.05, 0) is 105 Å². The van der Waals surface area contributed by atoms with Gasteiger partial charge in [-0.3, -0.25) is 0 Å². The van der Waals surface area contributed by atoms with Crippen molar-refractivity contribution in [2.24, 2.45) is 0 Å². The van der Waals surface area contributed by atoms with Crippen molar-refractivity contribution in [3.8, 4) is 33.4 Å². The molecule has 0 aliphatic heterocycles. The molecule has 2 heteroatoms. The van der Waals surface area contributed by atoms with Crippen LogP contribution in [0.2, 0.25) is 0 Å². The molecule has 9 rings (SSSR count). The number of anilines is 3. The Hall–Kier alpha value is -6.38. The summed E-state index contributed by atoms with van der Waals surface area (Å²) in [5.41, 5.74) is 12.3. The van der Waals surface area contributed by atoms with Crippen LogP contribution < -0.4 is 4.90 Å². The standard InChI is InChI=1S/C46H31NO/c1-3-9-32(10-4-1)33-15-17-34(18-16-33)35-19-24-41(25-20-35)47(40-13-5-2-6-14-40)42-26-21-36(22-27-42)39-23-28-43-44-29-37-11-7-8-12-38(37)30-46(44)48-45(43)31-39/h1-31H. The molecular weight excluding hydrogens is 583 g/mol. The largest absolute Gasteiger partial charge is 0.456 e. The van der Waals surface area contributed by atoms with Crippen LogP contribution in [-0.4, -0.2) is 0 Å². The first-order valence-corrected chi connectivity index (χ1v) is 16.3. The molecule has 0 amide bonds. The van der Waals surface area contributed by atoms with Gasteiger partial charge in [0.25, 0.3) is 0 Å². The van der Waals surface area contributed by atoms with E-state index in [0.29, 0.717) is 0 Å². The molecule has 0 N–H and O–H groups in total. The van der Waals surface area contributed by atoms with Crippen LogP contribution in [-0.2, 0) is 0 Å². The first-order valence-electron chi connectivity index (χ1n) is 16.3. The molecule has 2 nitrogen and oxygen atoms in total. The van der Waals surface area contributed by atoms with E-state index in [4.69, 9.17) is 4.42 Å². The van der Waals surface area contributed by atoms with Gasteiger partial charge in [0, 0.05) is 27.8 Å². The summed E-state index contributed by atoms with van der Waals surface area (Å²) < 4.78 is 6.36. The zero-order valence-electron chi connectivity index (χ0n) is 26.3. The topological polar surface area (TPSA) is 16.4 Å². The molecule has 0 spiro atoms. The number of benzene rings is 8. The lowest BCUT2D eigenvalue weighted by Gasteiger charge is -2.26. The Labute approximate surface area is 279 Å². The molecule has 0 fully saturated rings. The summed E-state index contributed by atoms with van der Waals surface area (Å²) in [6.07, 6.45) is 0. The minimum absolute atomic E-state index is 0.905. The van der Waals surface area contributed by atoms with Crippen LogP contribution in [0.1, 0.15) is 0 Å². The third-order valence-corrected chi connectivity index (χ3v) is 9.26. The van der Waals surface area contributed by atoms with E-state index in [1.54, 1.807) is 0 Å². The Morgan fingerprint density at radius 2 is 0.708 bits per heavy atom. The molecule has 48 heavy (non-hydrogen) atoms. The molecule has 0 saturated carbocycles. The van der Waals surface area contributed by atoms with Gasteiger partial charge in [-0.15, -0.1) is 0 Å². The Morgan fingerprint density at radius 3 is 1.31 bits per heavy atom. The van der Waals surface area contributed by atoms with Crippen molar-refractivity contribution < 1.29 is 4.42 Å². The van der Waals surface area contributed by atoms with Crippen LogP contribution in [0.4, 0.5) is 17.1 Å². The number of furan rings is 1. The van der Waals surface area contributed by atoms with Gasteiger partial charge in [-0.25, -0.2) is 0 Å². The summed E-state index contributed by atoms with van der Waals surface area (Å²) in [4.78, 5) is 2.30. The normalized spacial score (nSPS) is 11.3. The van der Waals surface area contributed by atoms with Gasteiger partial charge in [0.1, 0.15) is 11.2 Å². The molecule has 8 aromatic carbocycles. The molecule has 0 radical (unpaired) electrons. The number of nitrogens with zero attached hydrogens (tertiary/aromatic N) is 1. The second kappa shape index (κ2) is 11.8. The van der Waals surface area contributed by atoms with E-state index in [2.05, 4.69) is 193 Å². The summed E-state index contributed by atoms with van der Waals surface area (Å²) in [6.45, 7) is 0. The van der Waals surface area contributed by atoms with Gasteiger partial charge in [-0.1, -0.05) is 127 Å². The number of rotatable bonds is 6. The summed E-state index contributed by atoms with van der Waals surface area (Å²) in [5, 5.41) is 4.71. The molecule has 1 heterocycles. The fourth-order valence-electron chi connectivity index (χ4n) is 6.76. The fourth-order valence-corrected chi connectivity index (χ4v) is 6.76. The quantitative estimate of drug-likeness (QED) is 0.185. The van der Waals surface area contributed by atoms with Crippen LogP contribution in [0.25, 0.3) is 66.1 Å². The average Bonchev–Trinajstić information content (AvgIpc) is 3.52. The second-order valence-electron chi connectivity index (χ2n) is 12.2. The van der Waals surface area contributed by atoms with Gasteiger partial charge in [-0.2, -0.15) is 0 Å². The highest BCUT2D eigenvalue weighted by molar-refractivity contribution is 6.10. The molecule has 0 unspecified atom stereocenters. The van der Waals surface area contributed by atoms with E-state index in [-0.39, 0.29) is 0 Å². The Bertz CT molecular complexity index is 2510. The van der Waals surface area contributed by atoms with Crippen molar-refractivity contribution in [3.05, 3.63) is 188 Å². The molecule has 9 aromatic rings. The molecular formula is C46H31NO. The number of hydrogen-bond acceptors (Lipinski definition) is 2. The molecule has 0 bridgehead atoms. The average molecular weight is 614 g/mol. The monoisotopic (exact) mass is 613 g/mol. The van der Waals surface area contributed by atoms with Crippen LogP contribution in [0, 0.1) is 0 Å². The summed E-state index contributed by atoms with van der Waals surface area (Å²) in [5.74, 6) is 0. The number of fused-ring (bicyclic) bond motifs is 4. The van der Waals surface area contributed by atoms with E-state index in [1.807, 2.05) is 0 Å². The Morgan fingerprint density at radius 1 is 0.292 bits per heavy atom. The van der Waals surface area contributed by atoms with E-state index in [0.717, 1.165) is 50.1 Å². The molecule has 226 valence electrons. The van der Waals surface area contributed by atoms with Crippen molar-refractivity contribution in [1.82, 2.24) is 0 Å². The van der Waals surface area contributed by atoms with Crippen LogP contribution >= 0.6 is 0 Å². The van der Waals surface area contributed by atoms with Gasteiger partial charge in [0.05, 0.1) is 0 Å². The lowest BCUT2D eigenvalue weighted by molar-refractivity contribution is 0.669. The van der Waals surface area contributed by atoms with Crippen molar-refractivity contribution in [1.29, 1.82) is 0 Å². The van der Waals surface area contributed by atoms with E-state index >= 15 is 0 Å². The van der Waals surface area contributed by atoms with Gasteiger partial charge >= 0.3 is 0 Å². The zero-order chi connectivity index (χ0) is 31.9.